The minimum Gasteiger partial charge on any atom is -0.310 e. The van der Waals surface area contributed by atoms with Crippen molar-refractivity contribution in [1.82, 2.24) is 9.13 Å². The van der Waals surface area contributed by atoms with E-state index in [9.17, 15) is 0 Å². The van der Waals surface area contributed by atoms with Gasteiger partial charge in [-0.1, -0.05) is 249 Å². The first kappa shape index (κ1) is 64.4. The minimum atomic E-state index is -0.287. The van der Waals surface area contributed by atoms with Gasteiger partial charge in [0.15, 0.2) is 0 Å². The molecule has 102 heavy (non-hydrogen) atoms. The highest BCUT2D eigenvalue weighted by Gasteiger charge is 2.29. The highest BCUT2D eigenvalue weighted by Crippen LogP contribution is 2.49. The summed E-state index contributed by atoms with van der Waals surface area (Å²) >= 11 is 0. The quantitative estimate of drug-likeness (QED) is 0.141. The molecule has 0 atom stereocenters. The molecule has 0 aliphatic heterocycles. The Morgan fingerprint density at radius 3 is 0.706 bits per heavy atom. The first-order valence-electron chi connectivity index (χ1n) is 36.5. The van der Waals surface area contributed by atoms with E-state index in [4.69, 9.17) is 0 Å². The standard InChI is InChI=1S/C98H90N4/c1-94(2,3)61-38-46-90-86(52-61)87-53-62(95(4,5)6)39-47-91(87)101(90)68-28-24-26-66(56-68)99(70-42-44-82-78-34-18-16-30-74(78)76-32-20-22-36-80(76)84(82)59-70)72-50-65(98(13,14)15)51-73(58-72)100(71-43-45-83-79-35-19-17-31-75(79)77-33-21-23-37-81(77)85(83)60-71)67-27-25-29-69(57-67)102-92-48-40-63(96(7,8)9)54-88(92)89-55-64(97(10,11)12)41-49-93(89)102/h16-60H,1-15H3. The second-order valence-electron chi connectivity index (χ2n) is 33.9. The molecule has 0 bridgehead atoms. The fourth-order valence-corrected chi connectivity index (χ4v) is 16.3. The molecular formula is C98H90N4. The van der Waals surface area contributed by atoms with Crippen LogP contribution in [0.25, 0.3) is 120 Å². The van der Waals surface area contributed by atoms with Crippen molar-refractivity contribution in [3.63, 3.8) is 0 Å². The van der Waals surface area contributed by atoms with Crippen molar-refractivity contribution in [2.45, 2.75) is 131 Å². The highest BCUT2D eigenvalue weighted by molar-refractivity contribution is 6.27. The van der Waals surface area contributed by atoms with E-state index >= 15 is 0 Å². The highest BCUT2D eigenvalue weighted by atomic mass is 15.2. The number of rotatable bonds is 8. The van der Waals surface area contributed by atoms with Crippen molar-refractivity contribution in [3.8, 4) is 11.4 Å². The van der Waals surface area contributed by atoms with Crippen molar-refractivity contribution >= 4 is 142 Å². The Kier molecular flexibility index (Phi) is 14.7. The third-order valence-corrected chi connectivity index (χ3v) is 21.9. The largest absolute Gasteiger partial charge is 0.310 e. The Bertz CT molecular complexity index is 5700. The molecule has 0 spiro atoms. The van der Waals surface area contributed by atoms with Crippen LogP contribution < -0.4 is 9.80 Å². The van der Waals surface area contributed by atoms with Gasteiger partial charge >= 0.3 is 0 Å². The van der Waals surface area contributed by atoms with Crippen LogP contribution in [-0.4, -0.2) is 9.13 Å². The Morgan fingerprint density at radius 1 is 0.176 bits per heavy atom. The van der Waals surface area contributed by atoms with E-state index in [0.29, 0.717) is 0 Å². The van der Waals surface area contributed by atoms with Gasteiger partial charge in [-0.25, -0.2) is 0 Å². The second-order valence-corrected chi connectivity index (χ2v) is 33.9. The van der Waals surface area contributed by atoms with Crippen LogP contribution in [0.5, 0.6) is 0 Å². The van der Waals surface area contributed by atoms with Crippen LogP contribution in [0.15, 0.2) is 273 Å². The number of benzene rings is 15. The maximum atomic E-state index is 2.54. The third-order valence-electron chi connectivity index (χ3n) is 21.9. The van der Waals surface area contributed by atoms with Gasteiger partial charge in [-0.05, 0) is 247 Å². The van der Waals surface area contributed by atoms with Gasteiger partial charge in [0, 0.05) is 67.0 Å². The van der Waals surface area contributed by atoms with Crippen LogP contribution in [0, 0.1) is 0 Å². The number of anilines is 6. The molecule has 17 rings (SSSR count). The van der Waals surface area contributed by atoms with E-state index in [-0.39, 0.29) is 27.1 Å². The van der Waals surface area contributed by atoms with E-state index in [1.54, 1.807) is 0 Å². The molecule has 17 aromatic rings. The average molecular weight is 1320 g/mol. The average Bonchev–Trinajstić information content (AvgIpc) is 1.40. The summed E-state index contributed by atoms with van der Waals surface area (Å²) in [6.45, 7) is 35.0. The third kappa shape index (κ3) is 10.8. The van der Waals surface area contributed by atoms with E-state index in [1.165, 1.54) is 136 Å². The van der Waals surface area contributed by atoms with Crippen LogP contribution in [0.2, 0.25) is 0 Å². The lowest BCUT2D eigenvalue weighted by molar-refractivity contribution is 0.590. The summed E-state index contributed by atoms with van der Waals surface area (Å²) in [7, 11) is 0. The zero-order chi connectivity index (χ0) is 70.7. The Balaban J connectivity index is 0.944. The van der Waals surface area contributed by atoms with Crippen LogP contribution in [-0.2, 0) is 27.1 Å². The summed E-state index contributed by atoms with van der Waals surface area (Å²) in [6.07, 6.45) is 0. The fourth-order valence-electron chi connectivity index (χ4n) is 16.3. The summed E-state index contributed by atoms with van der Waals surface area (Å²) < 4.78 is 5.02. The van der Waals surface area contributed by atoms with Gasteiger partial charge in [-0.2, -0.15) is 0 Å². The second kappa shape index (κ2) is 23.3. The molecule has 4 nitrogen and oxygen atoms in total. The summed E-state index contributed by atoms with van der Waals surface area (Å²) in [6, 6.07) is 105. The van der Waals surface area contributed by atoms with Crippen molar-refractivity contribution < 1.29 is 0 Å². The maximum Gasteiger partial charge on any atom is 0.0541 e. The van der Waals surface area contributed by atoms with Crippen molar-refractivity contribution in [2.75, 3.05) is 9.80 Å². The molecule has 0 radical (unpaired) electrons. The number of aromatic nitrogens is 2. The molecule has 0 N–H and O–H groups in total. The molecule has 4 heteroatoms. The Morgan fingerprint density at radius 2 is 0.431 bits per heavy atom. The lowest BCUT2D eigenvalue weighted by Crippen LogP contribution is -2.18. The van der Waals surface area contributed by atoms with Crippen LogP contribution in [0.3, 0.4) is 0 Å². The first-order chi connectivity index (χ1) is 48.7. The zero-order valence-corrected chi connectivity index (χ0v) is 61.8. The van der Waals surface area contributed by atoms with Crippen molar-refractivity contribution in [2.24, 2.45) is 0 Å². The molecule has 2 aromatic heterocycles. The molecule has 0 saturated heterocycles. The van der Waals surface area contributed by atoms with Gasteiger partial charge in [0.25, 0.3) is 0 Å². The van der Waals surface area contributed by atoms with Crippen LogP contribution >= 0.6 is 0 Å². The summed E-state index contributed by atoms with van der Waals surface area (Å²) in [4.78, 5) is 5.08. The van der Waals surface area contributed by atoms with Crippen molar-refractivity contribution in [1.29, 1.82) is 0 Å². The summed E-state index contributed by atoms with van der Waals surface area (Å²) in [5, 5.41) is 19.9. The number of hydrogen-bond donors (Lipinski definition) is 0. The molecule has 0 aliphatic rings. The van der Waals surface area contributed by atoms with Gasteiger partial charge in [0.2, 0.25) is 0 Å². The van der Waals surface area contributed by atoms with Gasteiger partial charge < -0.3 is 18.9 Å². The lowest BCUT2D eigenvalue weighted by atomic mass is 9.85. The van der Waals surface area contributed by atoms with E-state index in [0.717, 1.165) is 45.5 Å². The minimum absolute atomic E-state index is 0.0294. The number of nitrogens with zero attached hydrogens (tertiary/aromatic N) is 4. The maximum absolute atomic E-state index is 2.54. The smallest absolute Gasteiger partial charge is 0.0541 e. The molecule has 0 amide bonds. The van der Waals surface area contributed by atoms with Crippen molar-refractivity contribution in [3.05, 3.63) is 301 Å². The predicted molar refractivity (Wildman–Crippen MR) is 443 cm³/mol. The summed E-state index contributed by atoms with van der Waals surface area (Å²) in [5.41, 5.74) is 19.4. The van der Waals surface area contributed by atoms with Gasteiger partial charge in [-0.3, -0.25) is 0 Å². The van der Waals surface area contributed by atoms with Gasteiger partial charge in [-0.15, -0.1) is 0 Å². The fraction of sp³-hybridized carbons (Fsp3) is 0.204. The predicted octanol–water partition coefficient (Wildman–Crippen LogP) is 28.2. The molecule has 0 saturated carbocycles. The monoisotopic (exact) mass is 1320 g/mol. The van der Waals surface area contributed by atoms with E-state index in [2.05, 4.69) is 396 Å². The SMILES string of the molecule is CC(C)(C)c1cc(N(c2cccc(-n3c4ccc(C(C)(C)C)cc4c4cc(C(C)(C)C)ccc43)c2)c2ccc3c4ccccc4c4ccccc4c3c2)cc(N(c2cccc(-n3c4ccc(C(C)(C)C)cc4c4cc(C(C)(C)C)ccc43)c2)c2ccc3c4ccccc4c4ccccc4c3c2)c1. The Labute approximate surface area is 600 Å². The number of fused-ring (bicyclic) bond motifs is 18. The topological polar surface area (TPSA) is 16.3 Å². The summed E-state index contributed by atoms with van der Waals surface area (Å²) in [5.74, 6) is 0. The zero-order valence-electron chi connectivity index (χ0n) is 61.8. The molecular weight excluding hydrogens is 1230 g/mol. The lowest BCUT2D eigenvalue weighted by Gasteiger charge is -2.33. The van der Waals surface area contributed by atoms with Crippen LogP contribution in [0.4, 0.5) is 34.1 Å². The molecule has 0 aliphatic carbocycles. The first-order valence-corrected chi connectivity index (χ1v) is 36.5. The van der Waals surface area contributed by atoms with E-state index < -0.39 is 0 Å². The van der Waals surface area contributed by atoms with Crippen LogP contribution in [0.1, 0.15) is 132 Å². The molecule has 15 aromatic carbocycles. The van der Waals surface area contributed by atoms with Gasteiger partial charge in [0.05, 0.1) is 22.1 Å². The molecule has 0 fully saturated rings. The number of hydrogen-bond acceptors (Lipinski definition) is 2. The molecule has 2 heterocycles. The van der Waals surface area contributed by atoms with Gasteiger partial charge in [0.1, 0.15) is 0 Å². The Hall–Kier alpha value is -10.9. The molecule has 502 valence electrons. The molecule has 0 unspecified atom stereocenters. The van der Waals surface area contributed by atoms with E-state index in [1.807, 2.05) is 0 Å². The normalized spacial score (nSPS) is 12.9.